The van der Waals surface area contributed by atoms with E-state index in [0.717, 1.165) is 42.4 Å². The SMILES string of the molecule is CC(C)CCCC(C)[C@H]1CCC2C3=CC=C4C[C@@H](O)CC[C@]4(C)C3CC[C@@]21C. The summed E-state index contributed by atoms with van der Waals surface area (Å²) in [6.07, 6.45) is 17.8. The van der Waals surface area contributed by atoms with E-state index in [9.17, 15) is 5.11 Å². The van der Waals surface area contributed by atoms with Crippen LogP contribution in [0.1, 0.15) is 98.8 Å². The number of aliphatic hydroxyl groups excluding tert-OH is 1. The van der Waals surface area contributed by atoms with Crippen molar-refractivity contribution < 1.29 is 5.11 Å². The van der Waals surface area contributed by atoms with Gasteiger partial charge in [0.05, 0.1) is 6.10 Å². The van der Waals surface area contributed by atoms with Gasteiger partial charge >= 0.3 is 0 Å². The maximum absolute atomic E-state index is 10.2. The van der Waals surface area contributed by atoms with Crippen LogP contribution in [0, 0.1) is 40.4 Å². The van der Waals surface area contributed by atoms with Gasteiger partial charge in [-0.2, -0.15) is 0 Å². The highest BCUT2D eigenvalue weighted by Gasteiger charge is 2.56. The first kappa shape index (κ1) is 20.7. The molecule has 7 atom stereocenters. The van der Waals surface area contributed by atoms with Crippen LogP contribution in [0.25, 0.3) is 0 Å². The third-order valence-electron chi connectivity index (χ3n) is 9.75. The lowest BCUT2D eigenvalue weighted by Crippen LogP contribution is -2.46. The average molecular weight is 385 g/mol. The van der Waals surface area contributed by atoms with E-state index in [0.29, 0.717) is 10.8 Å². The predicted molar refractivity (Wildman–Crippen MR) is 119 cm³/mol. The fourth-order valence-corrected chi connectivity index (χ4v) is 8.01. The van der Waals surface area contributed by atoms with Crippen molar-refractivity contribution in [3.63, 3.8) is 0 Å². The third kappa shape index (κ3) is 3.34. The normalized spacial score (nSPS) is 43.7. The monoisotopic (exact) mass is 384 g/mol. The molecule has 4 aliphatic rings. The summed E-state index contributed by atoms with van der Waals surface area (Å²) in [6, 6.07) is 0. The lowest BCUT2D eigenvalue weighted by Gasteiger charge is -2.55. The van der Waals surface area contributed by atoms with E-state index in [-0.39, 0.29) is 6.10 Å². The molecule has 0 aromatic heterocycles. The summed E-state index contributed by atoms with van der Waals surface area (Å²) in [6.45, 7) is 12.5. The molecule has 0 radical (unpaired) electrons. The Labute approximate surface area is 174 Å². The van der Waals surface area contributed by atoms with Gasteiger partial charge in [0, 0.05) is 0 Å². The quantitative estimate of drug-likeness (QED) is 0.527. The molecular formula is C27H44O. The smallest absolute Gasteiger partial charge is 0.0578 e. The van der Waals surface area contributed by atoms with Gasteiger partial charge in [-0.25, -0.2) is 0 Å². The van der Waals surface area contributed by atoms with Crippen molar-refractivity contribution in [3.8, 4) is 0 Å². The second-order valence-corrected chi connectivity index (χ2v) is 11.8. The molecule has 0 saturated heterocycles. The van der Waals surface area contributed by atoms with Crippen LogP contribution in [0.5, 0.6) is 0 Å². The highest BCUT2D eigenvalue weighted by atomic mass is 16.3. The molecule has 0 amide bonds. The van der Waals surface area contributed by atoms with Crippen molar-refractivity contribution in [1.82, 2.24) is 0 Å². The molecule has 0 aromatic carbocycles. The average Bonchev–Trinajstić information content (AvgIpc) is 2.99. The van der Waals surface area contributed by atoms with Crippen LogP contribution in [0.15, 0.2) is 23.3 Å². The molecule has 0 spiro atoms. The molecule has 1 heteroatoms. The molecule has 0 bridgehead atoms. The maximum Gasteiger partial charge on any atom is 0.0578 e. The number of allylic oxidation sites excluding steroid dienone is 3. The van der Waals surface area contributed by atoms with Gasteiger partial charge in [-0.15, -0.1) is 0 Å². The molecule has 158 valence electrons. The number of hydrogen-bond acceptors (Lipinski definition) is 1. The van der Waals surface area contributed by atoms with Gasteiger partial charge < -0.3 is 5.11 Å². The highest BCUT2D eigenvalue weighted by Crippen LogP contribution is 2.66. The van der Waals surface area contributed by atoms with E-state index in [1.807, 2.05) is 0 Å². The van der Waals surface area contributed by atoms with Gasteiger partial charge in [0.25, 0.3) is 0 Å². The highest BCUT2D eigenvalue weighted by molar-refractivity contribution is 5.38. The molecular weight excluding hydrogens is 340 g/mol. The van der Waals surface area contributed by atoms with Crippen molar-refractivity contribution in [2.24, 2.45) is 40.4 Å². The van der Waals surface area contributed by atoms with Gasteiger partial charge in [0.2, 0.25) is 0 Å². The van der Waals surface area contributed by atoms with Crippen LogP contribution in [-0.4, -0.2) is 11.2 Å². The van der Waals surface area contributed by atoms with E-state index < -0.39 is 0 Å². The summed E-state index contributed by atoms with van der Waals surface area (Å²) < 4.78 is 0. The Hall–Kier alpha value is -0.560. The minimum Gasteiger partial charge on any atom is -0.393 e. The Kier molecular flexibility index (Phi) is 5.62. The molecule has 0 aromatic rings. The van der Waals surface area contributed by atoms with Crippen LogP contribution in [-0.2, 0) is 0 Å². The van der Waals surface area contributed by atoms with Crippen molar-refractivity contribution >= 4 is 0 Å². The zero-order chi connectivity index (χ0) is 20.1. The first-order chi connectivity index (χ1) is 13.3. The zero-order valence-electron chi connectivity index (χ0n) is 19.1. The molecule has 3 saturated carbocycles. The Morgan fingerprint density at radius 1 is 0.964 bits per heavy atom. The largest absolute Gasteiger partial charge is 0.393 e. The Morgan fingerprint density at radius 3 is 2.50 bits per heavy atom. The molecule has 3 fully saturated rings. The van der Waals surface area contributed by atoms with Gasteiger partial charge in [0.15, 0.2) is 0 Å². The molecule has 4 aliphatic carbocycles. The fourth-order valence-electron chi connectivity index (χ4n) is 8.01. The van der Waals surface area contributed by atoms with Crippen LogP contribution >= 0.6 is 0 Å². The fraction of sp³-hybridized carbons (Fsp3) is 0.852. The first-order valence-corrected chi connectivity index (χ1v) is 12.3. The van der Waals surface area contributed by atoms with Crippen molar-refractivity contribution in [2.75, 3.05) is 0 Å². The number of rotatable bonds is 5. The number of fused-ring (bicyclic) bond motifs is 5. The molecule has 0 heterocycles. The summed E-state index contributed by atoms with van der Waals surface area (Å²) >= 11 is 0. The third-order valence-corrected chi connectivity index (χ3v) is 9.75. The molecule has 4 rings (SSSR count). The zero-order valence-corrected chi connectivity index (χ0v) is 19.1. The number of hydrogen-bond donors (Lipinski definition) is 1. The van der Waals surface area contributed by atoms with Crippen molar-refractivity contribution in [3.05, 3.63) is 23.3 Å². The van der Waals surface area contributed by atoms with Gasteiger partial charge in [-0.3, -0.25) is 0 Å². The Bertz CT molecular complexity index is 643. The lowest BCUT2D eigenvalue weighted by atomic mass is 9.50. The van der Waals surface area contributed by atoms with Crippen LogP contribution in [0.2, 0.25) is 0 Å². The van der Waals surface area contributed by atoms with Gasteiger partial charge in [0.1, 0.15) is 0 Å². The van der Waals surface area contributed by atoms with Crippen LogP contribution < -0.4 is 0 Å². The first-order valence-electron chi connectivity index (χ1n) is 12.3. The van der Waals surface area contributed by atoms with Crippen LogP contribution in [0.3, 0.4) is 0 Å². The van der Waals surface area contributed by atoms with Crippen molar-refractivity contribution in [1.29, 1.82) is 0 Å². The van der Waals surface area contributed by atoms with E-state index in [1.165, 1.54) is 51.4 Å². The molecule has 28 heavy (non-hydrogen) atoms. The topological polar surface area (TPSA) is 20.2 Å². The van der Waals surface area contributed by atoms with Gasteiger partial charge in [-0.1, -0.05) is 77.2 Å². The summed E-state index contributed by atoms with van der Waals surface area (Å²) in [5, 5.41) is 10.2. The second-order valence-electron chi connectivity index (χ2n) is 11.8. The van der Waals surface area contributed by atoms with E-state index >= 15 is 0 Å². The van der Waals surface area contributed by atoms with Crippen LogP contribution in [0.4, 0.5) is 0 Å². The Morgan fingerprint density at radius 2 is 1.75 bits per heavy atom. The Balaban J connectivity index is 1.53. The standard InChI is InChI=1S/C27H44O/c1-18(2)7-6-8-19(3)23-11-12-24-22-10-9-20-17-21(28)13-15-26(20,4)25(22)14-16-27(23,24)5/h9-10,18-19,21,23-25,28H,6-8,11-17H2,1-5H3/t19?,21-,23+,24?,25?,26-,27+/m0/s1. The van der Waals surface area contributed by atoms with E-state index in [1.54, 1.807) is 11.1 Å². The molecule has 1 nitrogen and oxygen atoms in total. The molecule has 0 aliphatic heterocycles. The van der Waals surface area contributed by atoms with Crippen molar-refractivity contribution in [2.45, 2.75) is 105 Å². The maximum atomic E-state index is 10.2. The van der Waals surface area contributed by atoms with E-state index in [4.69, 9.17) is 0 Å². The number of aliphatic hydroxyl groups is 1. The van der Waals surface area contributed by atoms with E-state index in [2.05, 4.69) is 46.8 Å². The summed E-state index contributed by atoms with van der Waals surface area (Å²) in [5.41, 5.74) is 4.19. The van der Waals surface area contributed by atoms with Gasteiger partial charge in [-0.05, 0) is 85.4 Å². The lowest BCUT2D eigenvalue weighted by molar-refractivity contribution is 0.0323. The molecule has 1 N–H and O–H groups in total. The summed E-state index contributed by atoms with van der Waals surface area (Å²) in [7, 11) is 0. The molecule has 3 unspecified atom stereocenters. The summed E-state index contributed by atoms with van der Waals surface area (Å²) in [4.78, 5) is 0. The second kappa shape index (κ2) is 7.60. The minimum atomic E-state index is -0.106. The minimum absolute atomic E-state index is 0.106. The predicted octanol–water partition coefficient (Wildman–Crippen LogP) is 7.31. The summed E-state index contributed by atoms with van der Waals surface area (Å²) in [5.74, 6) is 4.19.